The summed E-state index contributed by atoms with van der Waals surface area (Å²) in [6, 6.07) is 5.78. The lowest BCUT2D eigenvalue weighted by molar-refractivity contribution is 0.0953. The van der Waals surface area contributed by atoms with E-state index in [1.165, 1.54) is 22.5 Å². The van der Waals surface area contributed by atoms with Crippen molar-refractivity contribution in [2.45, 2.75) is 44.9 Å². The maximum absolute atomic E-state index is 13.1. The minimum atomic E-state index is -3.66. The third-order valence-electron chi connectivity index (χ3n) is 5.32. The van der Waals surface area contributed by atoms with Gasteiger partial charge in [0.1, 0.15) is 0 Å². The number of pyridine rings is 1. The number of rotatable bonds is 6. The van der Waals surface area contributed by atoms with E-state index in [0.717, 1.165) is 19.3 Å². The van der Waals surface area contributed by atoms with Crippen LogP contribution in [0, 0.1) is 11.8 Å². The van der Waals surface area contributed by atoms with Crippen LogP contribution in [0.3, 0.4) is 0 Å². The molecule has 2 N–H and O–H groups in total. The predicted molar refractivity (Wildman–Crippen MR) is 114 cm³/mol. The monoisotopic (exact) mass is 419 g/mol. The van der Waals surface area contributed by atoms with Gasteiger partial charge in [0, 0.05) is 36.6 Å². The summed E-state index contributed by atoms with van der Waals surface area (Å²) in [5.41, 5.74) is 0.237. The van der Waals surface area contributed by atoms with Gasteiger partial charge in [-0.2, -0.15) is 4.31 Å². The Morgan fingerprint density at radius 2 is 2.07 bits per heavy atom. The van der Waals surface area contributed by atoms with Crippen molar-refractivity contribution in [2.75, 3.05) is 19.6 Å². The lowest BCUT2D eigenvalue weighted by Gasteiger charge is -2.30. The number of aromatic amines is 1. The summed E-state index contributed by atoms with van der Waals surface area (Å²) in [7, 11) is -3.66. The molecule has 29 heavy (non-hydrogen) atoms. The van der Waals surface area contributed by atoms with E-state index in [1.54, 1.807) is 6.07 Å². The summed E-state index contributed by atoms with van der Waals surface area (Å²) < 4.78 is 27.8. The third-order valence-corrected chi connectivity index (χ3v) is 7.19. The van der Waals surface area contributed by atoms with Crippen molar-refractivity contribution in [1.29, 1.82) is 0 Å². The van der Waals surface area contributed by atoms with Crippen molar-refractivity contribution in [3.8, 4) is 0 Å². The highest BCUT2D eigenvalue weighted by molar-refractivity contribution is 7.89. The first-order valence-corrected chi connectivity index (χ1v) is 11.6. The molecule has 8 heteroatoms. The summed E-state index contributed by atoms with van der Waals surface area (Å²) in [4.78, 5) is 27.5. The average molecular weight is 420 g/mol. The smallest absolute Gasteiger partial charge is 0.252 e. The van der Waals surface area contributed by atoms with Crippen LogP contribution in [0.25, 0.3) is 10.9 Å². The number of benzene rings is 1. The fourth-order valence-corrected chi connectivity index (χ4v) is 5.29. The molecular formula is C21H29N3O4S. The van der Waals surface area contributed by atoms with Crippen molar-refractivity contribution in [2.24, 2.45) is 11.8 Å². The molecule has 7 nitrogen and oxygen atoms in total. The average Bonchev–Trinajstić information content (AvgIpc) is 2.66. The van der Waals surface area contributed by atoms with Gasteiger partial charge in [-0.3, -0.25) is 9.59 Å². The minimum absolute atomic E-state index is 0.141. The minimum Gasteiger partial charge on any atom is -0.352 e. The molecule has 1 aromatic heterocycles. The molecule has 1 fully saturated rings. The molecule has 2 aromatic rings. The number of sulfonamides is 1. The maximum Gasteiger partial charge on any atom is 0.252 e. The maximum atomic E-state index is 13.1. The van der Waals surface area contributed by atoms with Crippen molar-refractivity contribution in [1.82, 2.24) is 14.6 Å². The fourth-order valence-electron chi connectivity index (χ4n) is 3.66. The van der Waals surface area contributed by atoms with Gasteiger partial charge in [-0.1, -0.05) is 20.8 Å². The Morgan fingerprint density at radius 3 is 2.76 bits per heavy atom. The standard InChI is InChI=1S/C21H29N3O4S/c1-14(2)8-9-22-21(26)18-12-20(25)23-19-7-6-16(11-17(18)19)29(27,28)24-10-4-5-15(3)13-24/h6-7,11-12,14-15H,4-5,8-10,13H2,1-3H3,(H,22,26)(H,23,25)/t15-/m1/s1. The van der Waals surface area contributed by atoms with Crippen LogP contribution in [0.15, 0.2) is 34.0 Å². The highest BCUT2D eigenvalue weighted by Gasteiger charge is 2.29. The number of fused-ring (bicyclic) bond motifs is 1. The zero-order valence-corrected chi connectivity index (χ0v) is 18.0. The van der Waals surface area contributed by atoms with Crippen LogP contribution in [0.2, 0.25) is 0 Å². The quantitative estimate of drug-likeness (QED) is 0.752. The van der Waals surface area contributed by atoms with E-state index < -0.39 is 15.6 Å². The van der Waals surface area contributed by atoms with Crippen molar-refractivity contribution >= 4 is 26.8 Å². The summed E-state index contributed by atoms with van der Waals surface area (Å²) in [5.74, 6) is 0.385. The molecule has 158 valence electrons. The Kier molecular flexibility index (Phi) is 6.43. The van der Waals surface area contributed by atoms with E-state index in [-0.39, 0.29) is 16.4 Å². The van der Waals surface area contributed by atoms with Crippen LogP contribution in [-0.4, -0.2) is 43.2 Å². The van der Waals surface area contributed by atoms with E-state index in [4.69, 9.17) is 0 Å². The Labute approximate surface area is 171 Å². The molecule has 1 aliphatic rings. The van der Waals surface area contributed by atoms with Gasteiger partial charge < -0.3 is 10.3 Å². The second kappa shape index (κ2) is 8.67. The first-order valence-electron chi connectivity index (χ1n) is 10.1. The molecule has 0 radical (unpaired) electrons. The molecule has 0 bridgehead atoms. The van der Waals surface area contributed by atoms with E-state index in [9.17, 15) is 18.0 Å². The van der Waals surface area contributed by atoms with E-state index in [0.29, 0.717) is 42.4 Å². The van der Waals surface area contributed by atoms with Crippen LogP contribution in [-0.2, 0) is 10.0 Å². The SMILES string of the molecule is CC(C)CCNC(=O)c1cc(=O)[nH]c2ccc(S(=O)(=O)N3CCC[C@@H](C)C3)cc12. The topological polar surface area (TPSA) is 99.3 Å². The van der Waals surface area contributed by atoms with Gasteiger partial charge in [0.05, 0.1) is 10.5 Å². The highest BCUT2D eigenvalue weighted by Crippen LogP contribution is 2.26. The normalized spacial score (nSPS) is 18.3. The molecule has 1 aromatic carbocycles. The molecule has 0 spiro atoms. The fraction of sp³-hybridized carbons (Fsp3) is 0.524. The number of nitrogens with one attached hydrogen (secondary N) is 2. The van der Waals surface area contributed by atoms with E-state index in [1.807, 2.05) is 6.92 Å². The molecule has 3 rings (SSSR count). The molecule has 0 aliphatic carbocycles. The van der Waals surface area contributed by atoms with Crippen molar-refractivity contribution in [3.63, 3.8) is 0 Å². The summed E-state index contributed by atoms with van der Waals surface area (Å²) >= 11 is 0. The summed E-state index contributed by atoms with van der Waals surface area (Å²) in [6.45, 7) is 7.66. The Morgan fingerprint density at radius 1 is 1.31 bits per heavy atom. The summed E-state index contributed by atoms with van der Waals surface area (Å²) in [6.07, 6.45) is 2.68. The van der Waals surface area contributed by atoms with Crippen molar-refractivity contribution < 1.29 is 13.2 Å². The van der Waals surface area contributed by atoms with Crippen LogP contribution < -0.4 is 10.9 Å². The van der Waals surface area contributed by atoms with Crippen LogP contribution in [0.1, 0.15) is 50.4 Å². The van der Waals surface area contributed by atoms with E-state index >= 15 is 0 Å². The number of aromatic nitrogens is 1. The van der Waals surface area contributed by atoms with Gasteiger partial charge in [-0.15, -0.1) is 0 Å². The lowest BCUT2D eigenvalue weighted by Crippen LogP contribution is -2.39. The van der Waals surface area contributed by atoms with Gasteiger partial charge in [0.15, 0.2) is 0 Å². The van der Waals surface area contributed by atoms with Gasteiger partial charge in [-0.05, 0) is 49.3 Å². The number of carbonyl (C=O) groups is 1. The number of hydrogen-bond acceptors (Lipinski definition) is 4. The Balaban J connectivity index is 1.99. The first kappa shape index (κ1) is 21.5. The highest BCUT2D eigenvalue weighted by atomic mass is 32.2. The van der Waals surface area contributed by atoms with Crippen LogP contribution >= 0.6 is 0 Å². The number of amides is 1. The predicted octanol–water partition coefficient (Wildman–Crippen LogP) is 2.72. The zero-order valence-electron chi connectivity index (χ0n) is 17.2. The molecular weight excluding hydrogens is 390 g/mol. The molecule has 1 aliphatic heterocycles. The van der Waals surface area contributed by atoms with Gasteiger partial charge >= 0.3 is 0 Å². The number of piperidine rings is 1. The molecule has 0 saturated carbocycles. The molecule has 1 saturated heterocycles. The van der Waals surface area contributed by atoms with Gasteiger partial charge in [-0.25, -0.2) is 8.42 Å². The third kappa shape index (κ3) is 4.87. The first-order chi connectivity index (χ1) is 13.7. The molecule has 2 heterocycles. The second-order valence-corrected chi connectivity index (χ2v) is 10.2. The molecule has 1 amide bonds. The second-order valence-electron chi connectivity index (χ2n) is 8.30. The molecule has 0 unspecified atom stereocenters. The number of carbonyl (C=O) groups excluding carboxylic acids is 1. The number of nitrogens with zero attached hydrogens (tertiary/aromatic N) is 1. The zero-order chi connectivity index (χ0) is 21.2. The number of H-pyrrole nitrogens is 1. The van der Waals surface area contributed by atoms with Gasteiger partial charge in [0.25, 0.3) is 5.91 Å². The lowest BCUT2D eigenvalue weighted by atomic mass is 10.0. The molecule has 1 atom stereocenters. The summed E-state index contributed by atoms with van der Waals surface area (Å²) in [5, 5.41) is 3.25. The van der Waals surface area contributed by atoms with Crippen LogP contribution in [0.5, 0.6) is 0 Å². The van der Waals surface area contributed by atoms with Crippen LogP contribution in [0.4, 0.5) is 0 Å². The van der Waals surface area contributed by atoms with Crippen molar-refractivity contribution in [3.05, 3.63) is 40.2 Å². The van der Waals surface area contributed by atoms with Gasteiger partial charge in [0.2, 0.25) is 15.6 Å². The van der Waals surface area contributed by atoms with E-state index in [2.05, 4.69) is 24.1 Å². The Bertz CT molecular complexity index is 1060. The Hall–Kier alpha value is -2.19. The number of hydrogen-bond donors (Lipinski definition) is 2. The largest absolute Gasteiger partial charge is 0.352 e.